The van der Waals surface area contributed by atoms with E-state index >= 15 is 0 Å². The molecule has 144 valence electrons. The highest BCUT2D eigenvalue weighted by atomic mass is 19.1. The first-order valence-electron chi connectivity index (χ1n) is 9.17. The normalized spacial score (nSPS) is 16.4. The molecule has 1 saturated heterocycles. The number of anilines is 1. The molecule has 0 amide bonds. The summed E-state index contributed by atoms with van der Waals surface area (Å²) in [5.74, 6) is 0.775. The van der Waals surface area contributed by atoms with E-state index in [2.05, 4.69) is 20.3 Å². The fourth-order valence-electron chi connectivity index (χ4n) is 3.55. The predicted molar refractivity (Wildman–Crippen MR) is 99.8 cm³/mol. The first-order valence-corrected chi connectivity index (χ1v) is 9.17. The summed E-state index contributed by atoms with van der Waals surface area (Å²) >= 11 is 0. The van der Waals surface area contributed by atoms with Gasteiger partial charge in [0.1, 0.15) is 11.6 Å². The van der Waals surface area contributed by atoms with Gasteiger partial charge in [-0.25, -0.2) is 9.37 Å². The van der Waals surface area contributed by atoms with Crippen LogP contribution in [0.5, 0.6) is 5.88 Å². The van der Waals surface area contributed by atoms with E-state index in [4.69, 9.17) is 9.72 Å². The van der Waals surface area contributed by atoms with Gasteiger partial charge in [0.2, 0.25) is 5.88 Å². The summed E-state index contributed by atoms with van der Waals surface area (Å²) in [6.07, 6.45) is 0. The Morgan fingerprint density at radius 3 is 2.64 bits per heavy atom. The summed E-state index contributed by atoms with van der Waals surface area (Å²) < 4.78 is 20.0. The number of halogens is 1. The van der Waals surface area contributed by atoms with Crippen molar-refractivity contribution >= 4 is 5.82 Å². The van der Waals surface area contributed by atoms with Gasteiger partial charge in [-0.3, -0.25) is 0 Å². The molecule has 2 aliphatic heterocycles. The summed E-state index contributed by atoms with van der Waals surface area (Å²) in [6, 6.07) is 7.48. The minimum atomic E-state index is -0.322. The van der Waals surface area contributed by atoms with E-state index in [0.717, 1.165) is 30.2 Å². The molecule has 2 N–H and O–H groups in total. The second-order valence-corrected chi connectivity index (χ2v) is 6.78. The minimum Gasteiger partial charge on any atom is -0.493 e. The number of nitrogens with zero attached hydrogens (tertiary/aromatic N) is 5. The van der Waals surface area contributed by atoms with Crippen molar-refractivity contribution in [1.82, 2.24) is 25.1 Å². The van der Waals surface area contributed by atoms with Crippen LogP contribution < -0.4 is 10.2 Å². The van der Waals surface area contributed by atoms with Crippen molar-refractivity contribution < 1.29 is 14.2 Å². The monoisotopic (exact) mass is 382 g/mol. The van der Waals surface area contributed by atoms with E-state index in [-0.39, 0.29) is 11.7 Å². The molecule has 1 aromatic carbocycles. The molecule has 0 saturated carbocycles. The van der Waals surface area contributed by atoms with E-state index in [1.165, 1.54) is 22.9 Å². The molecule has 0 bridgehead atoms. The average molecular weight is 382 g/mol. The Morgan fingerprint density at radius 1 is 1.07 bits per heavy atom. The average Bonchev–Trinajstić information content (AvgIpc) is 3.35. The maximum atomic E-state index is 13.2. The molecule has 0 aliphatic carbocycles. The number of aromatic nitrogens is 4. The van der Waals surface area contributed by atoms with Gasteiger partial charge in [-0.15, -0.1) is 0 Å². The minimum absolute atomic E-state index is 0.0711. The lowest BCUT2D eigenvalue weighted by atomic mass is 10.1. The molecule has 2 aromatic heterocycles. The molecular formula is C19H19FN6O2. The number of aromatic hydroxyl groups is 1. The van der Waals surface area contributed by atoms with E-state index in [9.17, 15) is 9.50 Å². The highest BCUT2D eigenvalue weighted by molar-refractivity contribution is 5.61. The first kappa shape index (κ1) is 17.1. The second kappa shape index (κ2) is 6.84. The molecule has 0 spiro atoms. The summed E-state index contributed by atoms with van der Waals surface area (Å²) in [6.45, 7) is 4.19. The standard InChI is InChI=1S/C19H19FN6O2/c20-13-3-1-12(2-4-13)15-9-17(27)26(24-15)19-22-16-11-21-10-14(16)18(23-19)25-5-7-28-8-6-25/h1-4,9,21,27H,5-8,10-11H2. The van der Waals surface area contributed by atoms with Crippen LogP contribution in [0.3, 0.4) is 0 Å². The third kappa shape index (κ3) is 2.98. The van der Waals surface area contributed by atoms with Gasteiger partial charge in [-0.2, -0.15) is 14.8 Å². The molecule has 2 aliphatic rings. The van der Waals surface area contributed by atoms with Gasteiger partial charge in [-0.05, 0) is 24.3 Å². The van der Waals surface area contributed by atoms with Crippen molar-refractivity contribution in [2.75, 3.05) is 31.2 Å². The quantitative estimate of drug-likeness (QED) is 0.712. The van der Waals surface area contributed by atoms with Gasteiger partial charge in [0.15, 0.2) is 0 Å². The number of fused-ring (bicyclic) bond motifs is 1. The number of benzene rings is 1. The van der Waals surface area contributed by atoms with Crippen LogP contribution in [0, 0.1) is 5.82 Å². The van der Waals surface area contributed by atoms with E-state index in [1.807, 2.05) is 0 Å². The summed E-state index contributed by atoms with van der Waals surface area (Å²) in [7, 11) is 0. The van der Waals surface area contributed by atoms with Gasteiger partial charge in [-0.1, -0.05) is 0 Å². The highest BCUT2D eigenvalue weighted by Crippen LogP contribution is 2.29. The number of rotatable bonds is 3. The van der Waals surface area contributed by atoms with Crippen LogP contribution in [0.25, 0.3) is 17.2 Å². The molecular weight excluding hydrogens is 363 g/mol. The number of morpholine rings is 1. The number of ether oxygens (including phenoxy) is 1. The molecule has 1 fully saturated rings. The molecule has 0 unspecified atom stereocenters. The maximum absolute atomic E-state index is 13.2. The van der Waals surface area contributed by atoms with Crippen molar-refractivity contribution in [1.29, 1.82) is 0 Å². The van der Waals surface area contributed by atoms with Crippen molar-refractivity contribution in [3.63, 3.8) is 0 Å². The Balaban J connectivity index is 1.57. The molecule has 8 nitrogen and oxygen atoms in total. The zero-order valence-corrected chi connectivity index (χ0v) is 15.1. The zero-order valence-electron chi connectivity index (χ0n) is 15.1. The second-order valence-electron chi connectivity index (χ2n) is 6.78. The Bertz CT molecular complexity index is 1010. The van der Waals surface area contributed by atoms with Crippen molar-refractivity contribution in [2.24, 2.45) is 0 Å². The van der Waals surface area contributed by atoms with Crippen LogP contribution in [0.1, 0.15) is 11.3 Å². The van der Waals surface area contributed by atoms with Crippen LogP contribution in [0.4, 0.5) is 10.2 Å². The van der Waals surface area contributed by atoms with Crippen molar-refractivity contribution in [3.8, 4) is 23.1 Å². The van der Waals surface area contributed by atoms with Gasteiger partial charge in [0.05, 0.1) is 24.6 Å². The summed E-state index contributed by atoms with van der Waals surface area (Å²) in [5.41, 5.74) is 3.21. The number of hydrogen-bond acceptors (Lipinski definition) is 7. The molecule has 5 rings (SSSR count). The van der Waals surface area contributed by atoms with E-state index in [1.54, 1.807) is 12.1 Å². The predicted octanol–water partition coefficient (Wildman–Crippen LogP) is 1.61. The van der Waals surface area contributed by atoms with Crippen molar-refractivity contribution in [3.05, 3.63) is 47.4 Å². The molecule has 0 radical (unpaired) electrons. The topological polar surface area (TPSA) is 88.3 Å². The summed E-state index contributed by atoms with van der Waals surface area (Å²) in [4.78, 5) is 11.5. The third-order valence-electron chi connectivity index (χ3n) is 4.98. The first-order chi connectivity index (χ1) is 13.7. The number of hydrogen-bond donors (Lipinski definition) is 2. The van der Waals surface area contributed by atoms with Gasteiger partial charge >= 0.3 is 0 Å². The Labute approximate surface area is 160 Å². The lowest BCUT2D eigenvalue weighted by Gasteiger charge is -2.29. The van der Waals surface area contributed by atoms with Gasteiger partial charge in [0.25, 0.3) is 5.95 Å². The third-order valence-corrected chi connectivity index (χ3v) is 4.98. The number of nitrogens with one attached hydrogen (secondary N) is 1. The maximum Gasteiger partial charge on any atom is 0.256 e. The molecule has 28 heavy (non-hydrogen) atoms. The fraction of sp³-hybridized carbons (Fsp3) is 0.316. The lowest BCUT2D eigenvalue weighted by Crippen LogP contribution is -2.37. The van der Waals surface area contributed by atoms with Gasteiger partial charge in [0, 0.05) is 43.4 Å². The Kier molecular flexibility index (Phi) is 4.18. The molecule has 4 heterocycles. The fourth-order valence-corrected chi connectivity index (χ4v) is 3.55. The van der Waals surface area contributed by atoms with E-state index < -0.39 is 0 Å². The SMILES string of the molecule is Oc1cc(-c2ccc(F)cc2)nn1-c1nc2c(c(N3CCOCC3)n1)CNC2. The lowest BCUT2D eigenvalue weighted by molar-refractivity contribution is 0.122. The van der Waals surface area contributed by atoms with E-state index in [0.29, 0.717) is 43.5 Å². The molecule has 3 aromatic rings. The van der Waals surface area contributed by atoms with Crippen molar-refractivity contribution in [2.45, 2.75) is 13.1 Å². The highest BCUT2D eigenvalue weighted by Gasteiger charge is 2.25. The Morgan fingerprint density at radius 2 is 1.86 bits per heavy atom. The van der Waals surface area contributed by atoms with Crippen LogP contribution in [0.15, 0.2) is 30.3 Å². The largest absolute Gasteiger partial charge is 0.493 e. The zero-order chi connectivity index (χ0) is 19.1. The van der Waals surface area contributed by atoms with Gasteiger partial charge < -0.3 is 20.1 Å². The smallest absolute Gasteiger partial charge is 0.256 e. The van der Waals surface area contributed by atoms with Crippen LogP contribution in [0.2, 0.25) is 0 Å². The van der Waals surface area contributed by atoms with Crippen LogP contribution in [-0.4, -0.2) is 51.2 Å². The molecule has 9 heteroatoms. The Hall–Kier alpha value is -3.04. The van der Waals surface area contributed by atoms with Crippen LogP contribution in [-0.2, 0) is 17.8 Å². The van der Waals surface area contributed by atoms with Crippen LogP contribution >= 0.6 is 0 Å². The molecule has 0 atom stereocenters. The summed E-state index contributed by atoms with van der Waals surface area (Å²) in [5, 5.41) is 18.2.